The van der Waals surface area contributed by atoms with Crippen LogP contribution in [0.4, 0.5) is 10.1 Å². The predicted octanol–water partition coefficient (Wildman–Crippen LogP) is 0.212. The third kappa shape index (κ3) is 1.95. The smallest absolute Gasteiger partial charge is 0.250 e. The van der Waals surface area contributed by atoms with Crippen LogP contribution in [-0.4, -0.2) is 48.9 Å². The molecule has 7 nitrogen and oxygen atoms in total. The quantitative estimate of drug-likeness (QED) is 0.764. The number of likely N-dealkylation sites (tertiary alicyclic amines) is 1. The number of amides is 3. The number of nitrogens with one attached hydrogen (secondary N) is 2. The number of imide groups is 1. The van der Waals surface area contributed by atoms with Gasteiger partial charge in [0.2, 0.25) is 17.7 Å². The van der Waals surface area contributed by atoms with E-state index in [4.69, 9.17) is 4.74 Å². The Hall–Kier alpha value is -2.32. The monoisotopic (exact) mass is 347 g/mol. The van der Waals surface area contributed by atoms with Crippen molar-refractivity contribution in [2.24, 2.45) is 11.8 Å². The number of fused-ring (bicyclic) bond motifs is 4. The van der Waals surface area contributed by atoms with Crippen LogP contribution in [0.5, 0.6) is 0 Å². The molecule has 8 heteroatoms. The first-order valence-corrected chi connectivity index (χ1v) is 8.15. The van der Waals surface area contributed by atoms with Crippen LogP contribution in [0, 0.1) is 17.7 Å². The summed E-state index contributed by atoms with van der Waals surface area (Å²) >= 11 is 0. The van der Waals surface area contributed by atoms with E-state index in [-0.39, 0.29) is 19.1 Å². The Morgan fingerprint density at radius 2 is 2.04 bits per heavy atom. The Labute approximate surface area is 143 Å². The maximum absolute atomic E-state index is 13.8. The van der Waals surface area contributed by atoms with Gasteiger partial charge in [0.05, 0.1) is 25.0 Å². The molecule has 3 aliphatic heterocycles. The van der Waals surface area contributed by atoms with E-state index in [1.807, 2.05) is 0 Å². The van der Waals surface area contributed by atoms with Gasteiger partial charge in [0.15, 0.2) is 0 Å². The number of nitrogens with zero attached hydrogens (tertiary/aromatic N) is 1. The molecule has 4 atom stereocenters. The largest absolute Gasteiger partial charge is 0.383 e. The molecule has 2 unspecified atom stereocenters. The number of carbonyl (C=O) groups is 3. The fraction of sp³-hybridized carbons (Fsp3) is 0.471. The predicted molar refractivity (Wildman–Crippen MR) is 84.9 cm³/mol. The Balaban J connectivity index is 1.83. The van der Waals surface area contributed by atoms with Crippen LogP contribution in [0.2, 0.25) is 0 Å². The summed E-state index contributed by atoms with van der Waals surface area (Å²) in [5, 5.41) is 5.83. The van der Waals surface area contributed by atoms with Crippen molar-refractivity contribution in [2.45, 2.75) is 18.5 Å². The zero-order valence-corrected chi connectivity index (χ0v) is 13.8. The molecule has 0 radical (unpaired) electrons. The van der Waals surface area contributed by atoms with Crippen LogP contribution in [0.1, 0.15) is 12.5 Å². The molecule has 0 bridgehead atoms. The molecule has 2 saturated heterocycles. The summed E-state index contributed by atoms with van der Waals surface area (Å²) < 4.78 is 18.8. The number of hydrogen-bond acceptors (Lipinski definition) is 5. The highest BCUT2D eigenvalue weighted by Gasteiger charge is 2.69. The van der Waals surface area contributed by atoms with Gasteiger partial charge < -0.3 is 10.1 Å². The third-order valence-electron chi connectivity index (χ3n) is 5.43. The zero-order valence-electron chi connectivity index (χ0n) is 13.8. The van der Waals surface area contributed by atoms with Crippen molar-refractivity contribution in [3.05, 3.63) is 29.6 Å². The highest BCUT2D eigenvalue weighted by atomic mass is 19.1. The minimum atomic E-state index is -1.42. The van der Waals surface area contributed by atoms with Crippen LogP contribution in [0.15, 0.2) is 18.2 Å². The fourth-order valence-electron chi connectivity index (χ4n) is 4.40. The number of rotatable bonds is 3. The van der Waals surface area contributed by atoms with E-state index in [9.17, 15) is 18.8 Å². The van der Waals surface area contributed by atoms with Gasteiger partial charge in [-0.3, -0.25) is 24.6 Å². The van der Waals surface area contributed by atoms with Crippen LogP contribution in [-0.2, 0) is 24.7 Å². The fourth-order valence-corrected chi connectivity index (χ4v) is 4.40. The molecule has 3 aliphatic rings. The van der Waals surface area contributed by atoms with Gasteiger partial charge >= 0.3 is 0 Å². The number of benzene rings is 1. The molecular weight excluding hydrogens is 329 g/mol. The number of methoxy groups -OCH3 is 1. The first-order chi connectivity index (χ1) is 11.9. The van der Waals surface area contributed by atoms with Gasteiger partial charge in [-0.2, -0.15) is 0 Å². The first kappa shape index (κ1) is 16.2. The molecule has 2 N–H and O–H groups in total. The van der Waals surface area contributed by atoms with Gasteiger partial charge in [-0.15, -0.1) is 0 Å². The van der Waals surface area contributed by atoms with E-state index in [1.165, 1.54) is 25.3 Å². The van der Waals surface area contributed by atoms with E-state index < -0.39 is 41.0 Å². The van der Waals surface area contributed by atoms with Gasteiger partial charge in [0.1, 0.15) is 11.4 Å². The number of halogens is 1. The number of carbonyl (C=O) groups excluding carboxylic acids is 3. The van der Waals surface area contributed by atoms with Crippen molar-refractivity contribution in [1.29, 1.82) is 0 Å². The number of ether oxygens (including phenoxy) is 1. The second-order valence-electron chi connectivity index (χ2n) is 6.71. The van der Waals surface area contributed by atoms with E-state index in [0.29, 0.717) is 11.3 Å². The zero-order chi connectivity index (χ0) is 17.9. The lowest BCUT2D eigenvalue weighted by Crippen LogP contribution is -2.53. The third-order valence-corrected chi connectivity index (χ3v) is 5.43. The summed E-state index contributed by atoms with van der Waals surface area (Å²) in [5.41, 5.74) is -0.579. The molecule has 2 fully saturated rings. The van der Waals surface area contributed by atoms with E-state index >= 15 is 0 Å². The van der Waals surface area contributed by atoms with Crippen LogP contribution < -0.4 is 10.6 Å². The maximum atomic E-state index is 13.8. The molecule has 0 aromatic heterocycles. The normalized spacial score (nSPS) is 33.2. The van der Waals surface area contributed by atoms with Crippen molar-refractivity contribution in [3.63, 3.8) is 0 Å². The van der Waals surface area contributed by atoms with Crippen molar-refractivity contribution < 1.29 is 23.5 Å². The molecule has 1 spiro atoms. The van der Waals surface area contributed by atoms with Crippen LogP contribution in [0.3, 0.4) is 0 Å². The topological polar surface area (TPSA) is 87.7 Å². The summed E-state index contributed by atoms with van der Waals surface area (Å²) in [6.07, 6.45) is 0. The Morgan fingerprint density at radius 3 is 2.76 bits per heavy atom. The van der Waals surface area contributed by atoms with Crippen LogP contribution in [0.25, 0.3) is 0 Å². The second-order valence-corrected chi connectivity index (χ2v) is 6.71. The lowest BCUT2D eigenvalue weighted by Gasteiger charge is -2.29. The summed E-state index contributed by atoms with van der Waals surface area (Å²) in [5.74, 6) is -3.22. The van der Waals surface area contributed by atoms with Gasteiger partial charge in [0, 0.05) is 24.4 Å². The Morgan fingerprint density at radius 1 is 1.28 bits per heavy atom. The molecule has 1 aromatic rings. The van der Waals surface area contributed by atoms with Gasteiger partial charge in [-0.25, -0.2) is 4.39 Å². The molecule has 3 heterocycles. The molecule has 4 rings (SSSR count). The lowest BCUT2D eigenvalue weighted by molar-refractivity contribution is -0.143. The molecule has 1 aromatic carbocycles. The van der Waals surface area contributed by atoms with E-state index in [0.717, 1.165) is 4.90 Å². The van der Waals surface area contributed by atoms with Crippen molar-refractivity contribution in [1.82, 2.24) is 10.2 Å². The summed E-state index contributed by atoms with van der Waals surface area (Å²) in [6, 6.07) is 3.58. The Kier molecular flexibility index (Phi) is 3.45. The summed E-state index contributed by atoms with van der Waals surface area (Å²) in [7, 11) is 1.49. The van der Waals surface area contributed by atoms with Crippen LogP contribution >= 0.6 is 0 Å². The average molecular weight is 347 g/mol. The summed E-state index contributed by atoms with van der Waals surface area (Å²) in [4.78, 5) is 39.7. The Bertz CT molecular complexity index is 798. The highest BCUT2D eigenvalue weighted by Crippen LogP contribution is 2.52. The minimum Gasteiger partial charge on any atom is -0.383 e. The van der Waals surface area contributed by atoms with Gasteiger partial charge in [-0.1, -0.05) is 0 Å². The van der Waals surface area contributed by atoms with Crippen molar-refractivity contribution in [3.8, 4) is 0 Å². The van der Waals surface area contributed by atoms with Crippen molar-refractivity contribution in [2.75, 3.05) is 25.6 Å². The average Bonchev–Trinajstić information content (AvgIpc) is 3.12. The SMILES string of the molecule is COCCN1C(=O)[C@@H]2C(C)NC3(C(=O)Nc4ccc(F)cc43)[C@@H]2C1=O. The molecule has 132 valence electrons. The van der Waals surface area contributed by atoms with Gasteiger partial charge in [0.25, 0.3) is 0 Å². The molecule has 0 saturated carbocycles. The van der Waals surface area contributed by atoms with Gasteiger partial charge in [-0.05, 0) is 25.1 Å². The first-order valence-electron chi connectivity index (χ1n) is 8.15. The molecule has 0 aliphatic carbocycles. The summed E-state index contributed by atoms with van der Waals surface area (Å²) in [6.45, 7) is 2.13. The standard InChI is InChI=1S/C17H18FN3O4/c1-8-12-13(15(23)21(14(12)22)5-6-25-2)17(20-8)10-7-9(18)3-4-11(10)19-16(17)24/h3-4,7-8,12-13,20H,5-6H2,1-2H3,(H,19,24)/t8?,12-,13+,17?/m1/s1. The maximum Gasteiger partial charge on any atom is 0.250 e. The highest BCUT2D eigenvalue weighted by molar-refractivity contribution is 6.15. The lowest BCUT2D eigenvalue weighted by atomic mass is 9.76. The van der Waals surface area contributed by atoms with E-state index in [2.05, 4.69) is 10.6 Å². The minimum absolute atomic E-state index is 0.140. The molecule has 25 heavy (non-hydrogen) atoms. The van der Waals surface area contributed by atoms with E-state index in [1.54, 1.807) is 6.92 Å². The molecular formula is C17H18FN3O4. The molecule has 3 amide bonds. The van der Waals surface area contributed by atoms with Crippen molar-refractivity contribution >= 4 is 23.4 Å². The number of anilines is 1. The second kappa shape index (κ2) is 5.34. The number of hydrogen-bond donors (Lipinski definition) is 2.